The zero-order valence-corrected chi connectivity index (χ0v) is 8.23. The molecule has 0 N–H and O–H groups in total. The maximum absolute atomic E-state index is 11.2. The summed E-state index contributed by atoms with van der Waals surface area (Å²) in [6.45, 7) is 2.93. The molecule has 0 saturated carbocycles. The number of rotatable bonds is 5. The molecule has 0 aromatic heterocycles. The molecule has 0 fully saturated rings. The molecule has 0 atom stereocenters. The zero-order chi connectivity index (χ0) is 10.2. The summed E-state index contributed by atoms with van der Waals surface area (Å²) >= 11 is 0. The Balaban J connectivity index is 2.27. The second-order valence-corrected chi connectivity index (χ2v) is 2.73. The fourth-order valence-electron chi connectivity index (χ4n) is 0.971. The quantitative estimate of drug-likeness (QED) is 0.408. The number of carbonyl (C=O) groups is 1. The smallest absolute Gasteiger partial charge is 0.313 e. The number of ether oxygens (including phenoxy) is 2. The van der Waals surface area contributed by atoms with Gasteiger partial charge in [-0.05, 0) is 19.1 Å². The van der Waals surface area contributed by atoms with E-state index in [4.69, 9.17) is 9.47 Å². The van der Waals surface area contributed by atoms with Crippen LogP contribution in [0.15, 0.2) is 30.3 Å². The van der Waals surface area contributed by atoms with E-state index in [9.17, 15) is 4.79 Å². The standard InChI is InChI=1S/C11H14O3/c1-2-13-9-8-11(12)14-10-6-4-3-5-7-10/h3-7H,2,8-9H2,1H3. The third kappa shape index (κ3) is 4.05. The molecule has 3 heteroatoms. The van der Waals surface area contributed by atoms with E-state index in [0.29, 0.717) is 25.4 Å². The number of para-hydroxylation sites is 1. The van der Waals surface area contributed by atoms with Crippen LogP contribution in [0.25, 0.3) is 0 Å². The van der Waals surface area contributed by atoms with Gasteiger partial charge in [0.1, 0.15) is 5.75 Å². The first kappa shape index (κ1) is 10.7. The SMILES string of the molecule is CCOCCC(=O)Oc1ccccc1. The van der Waals surface area contributed by atoms with Gasteiger partial charge in [-0.25, -0.2) is 0 Å². The summed E-state index contributed by atoms with van der Waals surface area (Å²) in [7, 11) is 0. The van der Waals surface area contributed by atoms with Crippen molar-refractivity contribution in [2.45, 2.75) is 13.3 Å². The molecule has 0 amide bonds. The van der Waals surface area contributed by atoms with Crippen molar-refractivity contribution in [1.29, 1.82) is 0 Å². The van der Waals surface area contributed by atoms with Crippen LogP contribution in [0, 0.1) is 0 Å². The average molecular weight is 194 g/mol. The molecule has 0 spiro atoms. The Morgan fingerprint density at radius 2 is 2.00 bits per heavy atom. The molecule has 1 rings (SSSR count). The summed E-state index contributed by atoms with van der Waals surface area (Å²) in [6, 6.07) is 9.02. The normalized spacial score (nSPS) is 9.79. The van der Waals surface area contributed by atoms with Crippen molar-refractivity contribution < 1.29 is 14.3 Å². The highest BCUT2D eigenvalue weighted by atomic mass is 16.5. The highest BCUT2D eigenvalue weighted by Gasteiger charge is 2.03. The van der Waals surface area contributed by atoms with Crippen molar-refractivity contribution in [3.63, 3.8) is 0 Å². The Hall–Kier alpha value is -1.35. The second kappa shape index (κ2) is 6.16. The Morgan fingerprint density at radius 1 is 1.29 bits per heavy atom. The molecule has 0 saturated heterocycles. The highest BCUT2D eigenvalue weighted by Crippen LogP contribution is 2.08. The van der Waals surface area contributed by atoms with Gasteiger partial charge in [0.25, 0.3) is 0 Å². The summed E-state index contributed by atoms with van der Waals surface area (Å²) in [6.07, 6.45) is 0.294. The fourth-order valence-corrected chi connectivity index (χ4v) is 0.971. The molecule has 0 heterocycles. The minimum atomic E-state index is -0.260. The van der Waals surface area contributed by atoms with Crippen molar-refractivity contribution in [3.8, 4) is 5.75 Å². The van der Waals surface area contributed by atoms with Crippen LogP contribution >= 0.6 is 0 Å². The first-order chi connectivity index (χ1) is 6.83. The maximum Gasteiger partial charge on any atom is 0.313 e. The lowest BCUT2D eigenvalue weighted by Crippen LogP contribution is -2.11. The molecule has 14 heavy (non-hydrogen) atoms. The fraction of sp³-hybridized carbons (Fsp3) is 0.364. The predicted molar refractivity (Wildman–Crippen MR) is 53.2 cm³/mol. The third-order valence-electron chi connectivity index (χ3n) is 1.63. The first-order valence-corrected chi connectivity index (χ1v) is 4.66. The third-order valence-corrected chi connectivity index (χ3v) is 1.63. The molecule has 3 nitrogen and oxygen atoms in total. The summed E-state index contributed by atoms with van der Waals surface area (Å²) < 4.78 is 10.1. The molecule has 0 aliphatic rings. The lowest BCUT2D eigenvalue weighted by molar-refractivity contribution is -0.135. The largest absolute Gasteiger partial charge is 0.426 e. The Kier molecular flexibility index (Phi) is 4.72. The van der Waals surface area contributed by atoms with Crippen LogP contribution in [0.1, 0.15) is 13.3 Å². The molecule has 76 valence electrons. The molecule has 0 bridgehead atoms. The number of carbonyl (C=O) groups excluding carboxylic acids is 1. The monoisotopic (exact) mass is 194 g/mol. The molecule has 0 aliphatic heterocycles. The first-order valence-electron chi connectivity index (χ1n) is 4.66. The van der Waals surface area contributed by atoms with Crippen LogP contribution in [0.2, 0.25) is 0 Å². The van der Waals surface area contributed by atoms with E-state index in [1.54, 1.807) is 12.1 Å². The van der Waals surface area contributed by atoms with Gasteiger partial charge in [-0.3, -0.25) is 4.79 Å². The Labute approximate surface area is 83.6 Å². The number of hydrogen-bond acceptors (Lipinski definition) is 3. The van der Waals surface area contributed by atoms with E-state index in [1.165, 1.54) is 0 Å². The van der Waals surface area contributed by atoms with Gasteiger partial charge in [0.05, 0.1) is 13.0 Å². The Morgan fingerprint density at radius 3 is 2.64 bits per heavy atom. The highest BCUT2D eigenvalue weighted by molar-refractivity contribution is 5.72. The summed E-state index contributed by atoms with van der Waals surface area (Å²) in [4.78, 5) is 11.2. The van der Waals surface area contributed by atoms with Gasteiger partial charge in [0.2, 0.25) is 0 Å². The van der Waals surface area contributed by atoms with Gasteiger partial charge < -0.3 is 9.47 Å². The van der Waals surface area contributed by atoms with Gasteiger partial charge in [-0.2, -0.15) is 0 Å². The molecular weight excluding hydrogens is 180 g/mol. The summed E-state index contributed by atoms with van der Waals surface area (Å²) in [5.74, 6) is 0.318. The number of benzene rings is 1. The van der Waals surface area contributed by atoms with E-state index in [-0.39, 0.29) is 5.97 Å². The van der Waals surface area contributed by atoms with Crippen LogP contribution in [-0.2, 0) is 9.53 Å². The van der Waals surface area contributed by atoms with Crippen molar-refractivity contribution in [3.05, 3.63) is 30.3 Å². The van der Waals surface area contributed by atoms with E-state index >= 15 is 0 Å². The molecular formula is C11H14O3. The van der Waals surface area contributed by atoms with Crippen LogP contribution in [0.5, 0.6) is 5.75 Å². The van der Waals surface area contributed by atoms with Crippen molar-refractivity contribution >= 4 is 5.97 Å². The number of esters is 1. The van der Waals surface area contributed by atoms with E-state index in [2.05, 4.69) is 0 Å². The minimum Gasteiger partial charge on any atom is -0.426 e. The maximum atomic E-state index is 11.2. The van der Waals surface area contributed by atoms with Gasteiger partial charge in [0.15, 0.2) is 0 Å². The lowest BCUT2D eigenvalue weighted by Gasteiger charge is -2.03. The van der Waals surface area contributed by atoms with Crippen LogP contribution < -0.4 is 4.74 Å². The van der Waals surface area contributed by atoms with Crippen LogP contribution in [0.4, 0.5) is 0 Å². The van der Waals surface area contributed by atoms with Gasteiger partial charge in [0, 0.05) is 6.61 Å². The van der Waals surface area contributed by atoms with Gasteiger partial charge >= 0.3 is 5.97 Å². The molecule has 1 aromatic carbocycles. The topological polar surface area (TPSA) is 35.5 Å². The van der Waals surface area contributed by atoms with E-state index in [1.807, 2.05) is 25.1 Å². The summed E-state index contributed by atoms with van der Waals surface area (Å²) in [5.41, 5.74) is 0. The average Bonchev–Trinajstić information content (AvgIpc) is 2.20. The molecule has 0 unspecified atom stereocenters. The van der Waals surface area contributed by atoms with E-state index < -0.39 is 0 Å². The lowest BCUT2D eigenvalue weighted by atomic mass is 10.3. The molecule has 0 aliphatic carbocycles. The predicted octanol–water partition coefficient (Wildman–Crippen LogP) is 2.02. The number of hydrogen-bond donors (Lipinski definition) is 0. The van der Waals surface area contributed by atoms with Gasteiger partial charge in [-0.1, -0.05) is 18.2 Å². The van der Waals surface area contributed by atoms with Crippen molar-refractivity contribution in [2.24, 2.45) is 0 Å². The van der Waals surface area contributed by atoms with Crippen molar-refractivity contribution in [2.75, 3.05) is 13.2 Å². The summed E-state index contributed by atoms with van der Waals surface area (Å²) in [5, 5.41) is 0. The Bertz CT molecular complexity index is 269. The van der Waals surface area contributed by atoms with E-state index in [0.717, 1.165) is 0 Å². The molecule has 1 aromatic rings. The molecule has 0 radical (unpaired) electrons. The minimum absolute atomic E-state index is 0.260. The van der Waals surface area contributed by atoms with Gasteiger partial charge in [-0.15, -0.1) is 0 Å². The zero-order valence-electron chi connectivity index (χ0n) is 8.23. The van der Waals surface area contributed by atoms with Crippen molar-refractivity contribution in [1.82, 2.24) is 0 Å². The van der Waals surface area contributed by atoms with Crippen LogP contribution in [0.3, 0.4) is 0 Å². The van der Waals surface area contributed by atoms with Crippen LogP contribution in [-0.4, -0.2) is 19.2 Å². The second-order valence-electron chi connectivity index (χ2n) is 2.73.